The Balaban J connectivity index is 4.09. The van der Waals surface area contributed by atoms with Crippen LogP contribution in [0.4, 0.5) is 0 Å². The van der Waals surface area contributed by atoms with Gasteiger partial charge in [-0.3, -0.25) is 9.59 Å². The van der Waals surface area contributed by atoms with Crippen molar-refractivity contribution in [1.82, 2.24) is 0 Å². The summed E-state index contributed by atoms with van der Waals surface area (Å²) in [6.45, 7) is 4.79. The average molecular weight is 1240 g/mol. The predicted molar refractivity (Wildman–Crippen MR) is 382 cm³/mol. The van der Waals surface area contributed by atoms with Crippen molar-refractivity contribution >= 4 is 17.9 Å². The van der Waals surface area contributed by atoms with E-state index in [1.54, 1.807) is 0 Å². The monoisotopic (exact) mass is 1240 g/mol. The minimum atomic E-state index is -1.52. The molecule has 9 nitrogen and oxygen atoms in total. The quantitative estimate of drug-likeness (QED) is 0.0211. The van der Waals surface area contributed by atoms with E-state index >= 15 is 0 Å². The summed E-state index contributed by atoms with van der Waals surface area (Å²) in [6.07, 6.45) is 96.0. The number of carboxylic acids is 1. The van der Waals surface area contributed by atoms with E-state index in [-0.39, 0.29) is 32.2 Å². The van der Waals surface area contributed by atoms with Crippen molar-refractivity contribution < 1.29 is 42.9 Å². The number of carbonyl (C=O) groups is 3. The van der Waals surface area contributed by atoms with E-state index < -0.39 is 24.3 Å². The SMILES string of the molecule is CC/C=C\C/C=C\C/C=C\C/C=C\C/C=C\C/C=C\C/C=C\C/C=C\C/C=C\CCCCCCCCCCCCCCCC(=O)OC(COC(=O)CCCCCCCCCCCCC/C=C\CCCCCCCCCC)COC(OCC[N+](C)(C)C)C(=O)O. The molecule has 0 spiro atoms. The number of hydrogen-bond acceptors (Lipinski definition) is 7. The third kappa shape index (κ3) is 71.0. The summed E-state index contributed by atoms with van der Waals surface area (Å²) in [5.74, 6) is -2.00. The van der Waals surface area contributed by atoms with Crippen LogP contribution in [0.5, 0.6) is 0 Å². The van der Waals surface area contributed by atoms with E-state index in [2.05, 4.69) is 135 Å². The number of likely N-dealkylation sites (N-methyl/N-ethyl adjacent to an activating group) is 1. The molecule has 89 heavy (non-hydrogen) atoms. The molecule has 0 radical (unpaired) electrons. The molecule has 0 aromatic rings. The molecule has 0 aromatic heterocycles. The van der Waals surface area contributed by atoms with Gasteiger partial charge in [-0.1, -0.05) is 309 Å². The largest absolute Gasteiger partial charge is 0.477 e. The lowest BCUT2D eigenvalue weighted by atomic mass is 10.0. The van der Waals surface area contributed by atoms with Gasteiger partial charge in [-0.25, -0.2) is 4.79 Å². The number of nitrogens with zero attached hydrogens (tertiary/aromatic N) is 1. The maximum absolute atomic E-state index is 13.0. The number of carbonyl (C=O) groups excluding carboxylic acids is 2. The van der Waals surface area contributed by atoms with Crippen molar-refractivity contribution in [2.75, 3.05) is 47.5 Å². The van der Waals surface area contributed by atoms with Crippen LogP contribution < -0.4 is 0 Å². The average Bonchev–Trinajstić information content (AvgIpc) is 3.64. The number of carboxylic acid groups (broad SMARTS) is 1. The molecule has 2 atom stereocenters. The van der Waals surface area contributed by atoms with Crippen LogP contribution >= 0.6 is 0 Å². The number of esters is 2. The van der Waals surface area contributed by atoms with Gasteiger partial charge in [0.15, 0.2) is 6.10 Å². The minimum Gasteiger partial charge on any atom is -0.477 e. The molecule has 0 saturated carbocycles. The van der Waals surface area contributed by atoms with E-state index in [9.17, 15) is 19.5 Å². The Bertz CT molecular complexity index is 1880. The highest BCUT2D eigenvalue weighted by Gasteiger charge is 2.25. The maximum atomic E-state index is 13.0. The number of unbranched alkanes of at least 4 members (excludes halogenated alkanes) is 32. The van der Waals surface area contributed by atoms with Crippen LogP contribution in [0.3, 0.4) is 0 Å². The highest BCUT2D eigenvalue weighted by molar-refractivity contribution is 5.71. The Morgan fingerprint density at radius 1 is 0.348 bits per heavy atom. The first-order valence-corrected chi connectivity index (χ1v) is 36.7. The first kappa shape index (κ1) is 84.7. The van der Waals surface area contributed by atoms with E-state index in [0.29, 0.717) is 23.9 Å². The first-order chi connectivity index (χ1) is 43.6. The summed E-state index contributed by atoms with van der Waals surface area (Å²) in [5.41, 5.74) is 0. The van der Waals surface area contributed by atoms with Crippen molar-refractivity contribution in [1.29, 1.82) is 0 Å². The van der Waals surface area contributed by atoms with Gasteiger partial charge in [-0.15, -0.1) is 0 Å². The molecule has 0 saturated heterocycles. The summed E-state index contributed by atoms with van der Waals surface area (Å²) in [4.78, 5) is 37.6. The fraction of sp³-hybridized carbons (Fsp3) is 0.713. The lowest BCUT2D eigenvalue weighted by molar-refractivity contribution is -0.870. The Labute approximate surface area is 548 Å². The molecule has 0 heterocycles. The summed E-state index contributed by atoms with van der Waals surface area (Å²) in [7, 11) is 5.98. The molecule has 1 N–H and O–H groups in total. The molecule has 2 unspecified atom stereocenters. The van der Waals surface area contributed by atoms with Gasteiger partial charge in [0, 0.05) is 12.8 Å². The van der Waals surface area contributed by atoms with Gasteiger partial charge >= 0.3 is 17.9 Å². The van der Waals surface area contributed by atoms with Crippen molar-refractivity contribution in [3.05, 3.63) is 122 Å². The molecule has 0 aromatic carbocycles. The normalized spacial score (nSPS) is 13.4. The number of ether oxygens (including phenoxy) is 4. The molecular formula is C80H138NO8+. The predicted octanol–water partition coefficient (Wildman–Crippen LogP) is 23.1. The zero-order chi connectivity index (χ0) is 64.7. The van der Waals surface area contributed by atoms with Crippen LogP contribution in [-0.2, 0) is 33.3 Å². The molecule has 0 fully saturated rings. The van der Waals surface area contributed by atoms with Gasteiger partial charge in [-0.2, -0.15) is 0 Å². The Kier molecular flexibility index (Phi) is 66.2. The van der Waals surface area contributed by atoms with Gasteiger partial charge in [0.05, 0.1) is 34.4 Å². The number of rotatable bonds is 67. The summed E-state index contributed by atoms with van der Waals surface area (Å²) >= 11 is 0. The number of quaternary nitrogens is 1. The molecule has 0 aliphatic heterocycles. The van der Waals surface area contributed by atoms with Crippen LogP contribution in [0.2, 0.25) is 0 Å². The number of aliphatic carboxylic acids is 1. The summed E-state index contributed by atoms with van der Waals surface area (Å²) < 4.78 is 23.0. The van der Waals surface area contributed by atoms with Crippen LogP contribution in [0, 0.1) is 0 Å². The second-order valence-corrected chi connectivity index (χ2v) is 25.5. The zero-order valence-corrected chi connectivity index (χ0v) is 58.3. The van der Waals surface area contributed by atoms with Crippen LogP contribution in [0.15, 0.2) is 122 Å². The van der Waals surface area contributed by atoms with Gasteiger partial charge in [-0.05, 0) is 109 Å². The fourth-order valence-electron chi connectivity index (χ4n) is 10.1. The van der Waals surface area contributed by atoms with E-state index in [0.717, 1.165) is 96.3 Å². The molecule has 0 aliphatic rings. The fourth-order valence-corrected chi connectivity index (χ4v) is 10.1. The third-order valence-electron chi connectivity index (χ3n) is 15.7. The molecule has 9 heteroatoms. The summed E-state index contributed by atoms with van der Waals surface area (Å²) in [5, 5.41) is 9.75. The van der Waals surface area contributed by atoms with Crippen LogP contribution in [0.1, 0.15) is 309 Å². The standard InChI is InChI=1S/C80H137NO8/c1-6-8-10-12-14-16-18-20-22-24-26-28-30-31-32-33-34-35-36-37-38-39-40-41-42-43-44-45-46-47-49-51-53-55-57-59-61-63-65-67-69-71-78(83)89-76(75-88-80(79(84)85)86-73-72-81(3,4)5)74-87-77(82)70-68-66-64-62-60-58-56-54-52-50-48-29-27-25-23-21-19-17-15-13-11-9-7-2/h8,10,14,16,20,22,25-28,31-32,34-35,37-38,40-41,43-44,76,80H,6-7,9,11-13,15,17-19,21,23-24,29-30,33,36,39,42,45-75H2,1-5H3/p+1/b10-8-,16-14-,22-20-,27-25-,28-26-,32-31-,35-34-,38-37-,41-40-,44-43-. The van der Waals surface area contributed by atoms with Gasteiger partial charge in [0.25, 0.3) is 6.29 Å². The number of hydrogen-bond donors (Lipinski definition) is 1. The molecule has 510 valence electrons. The Morgan fingerprint density at radius 3 is 0.966 bits per heavy atom. The molecule has 0 rings (SSSR count). The lowest BCUT2D eigenvalue weighted by Gasteiger charge is -2.25. The third-order valence-corrected chi connectivity index (χ3v) is 15.7. The highest BCUT2D eigenvalue weighted by atomic mass is 16.7. The molecular weight excluding hydrogens is 1100 g/mol. The lowest BCUT2D eigenvalue weighted by Crippen LogP contribution is -2.40. The van der Waals surface area contributed by atoms with E-state index in [1.165, 1.54) is 180 Å². The molecule has 0 aliphatic carbocycles. The Morgan fingerprint density at radius 2 is 0.640 bits per heavy atom. The van der Waals surface area contributed by atoms with Gasteiger partial charge in [0.2, 0.25) is 0 Å². The zero-order valence-electron chi connectivity index (χ0n) is 58.3. The van der Waals surface area contributed by atoms with E-state index in [1.807, 2.05) is 21.1 Å². The van der Waals surface area contributed by atoms with Gasteiger partial charge < -0.3 is 28.5 Å². The van der Waals surface area contributed by atoms with Crippen molar-refractivity contribution in [3.63, 3.8) is 0 Å². The van der Waals surface area contributed by atoms with Crippen molar-refractivity contribution in [3.8, 4) is 0 Å². The summed E-state index contributed by atoms with van der Waals surface area (Å²) in [6, 6.07) is 0. The van der Waals surface area contributed by atoms with E-state index in [4.69, 9.17) is 18.9 Å². The smallest absolute Gasteiger partial charge is 0.361 e. The van der Waals surface area contributed by atoms with Crippen LogP contribution in [0.25, 0.3) is 0 Å². The van der Waals surface area contributed by atoms with Crippen molar-refractivity contribution in [2.24, 2.45) is 0 Å². The first-order valence-electron chi connectivity index (χ1n) is 36.7. The topological polar surface area (TPSA) is 108 Å². The van der Waals surface area contributed by atoms with Crippen LogP contribution in [-0.4, -0.2) is 87.4 Å². The minimum absolute atomic E-state index is 0.184. The second-order valence-electron chi connectivity index (χ2n) is 25.5. The second kappa shape index (κ2) is 69.6. The Hall–Kier alpha value is -4.31. The van der Waals surface area contributed by atoms with Gasteiger partial charge in [0.1, 0.15) is 13.2 Å². The maximum Gasteiger partial charge on any atom is 0.361 e. The highest BCUT2D eigenvalue weighted by Crippen LogP contribution is 2.17. The molecule has 0 amide bonds. The van der Waals surface area contributed by atoms with Crippen molar-refractivity contribution in [2.45, 2.75) is 322 Å². The number of allylic oxidation sites excluding steroid dienone is 20. The molecule has 0 bridgehead atoms.